The van der Waals surface area contributed by atoms with E-state index in [-0.39, 0.29) is 5.78 Å². The van der Waals surface area contributed by atoms with Crippen molar-refractivity contribution >= 4 is 27.8 Å². The van der Waals surface area contributed by atoms with Crippen molar-refractivity contribution in [3.63, 3.8) is 0 Å². The van der Waals surface area contributed by atoms with Gasteiger partial charge in [0.05, 0.1) is 15.6 Å². The lowest BCUT2D eigenvalue weighted by molar-refractivity contribution is 0.0993. The van der Waals surface area contributed by atoms with Crippen LogP contribution in [0.15, 0.2) is 18.5 Å². The lowest BCUT2D eigenvalue weighted by Crippen LogP contribution is -2.07. The number of hydrogen-bond donors (Lipinski definition) is 2. The van der Waals surface area contributed by atoms with Gasteiger partial charge in [0.1, 0.15) is 5.82 Å². The highest BCUT2D eigenvalue weighted by molar-refractivity contribution is 7.18. The van der Waals surface area contributed by atoms with Crippen molar-refractivity contribution in [2.24, 2.45) is 7.05 Å². The minimum Gasteiger partial charge on any atom is -0.397 e. The number of Topliss-reactive ketones (excluding diaryl/α,β-unsaturated/α-hetero) is 1. The summed E-state index contributed by atoms with van der Waals surface area (Å²) in [7, 11) is 1.98. The van der Waals surface area contributed by atoms with Gasteiger partial charge in [0, 0.05) is 38.8 Å². The van der Waals surface area contributed by atoms with E-state index in [0.29, 0.717) is 17.0 Å². The molecule has 0 unspecified atom stereocenters. The molecule has 0 spiro atoms. The number of aryl methyl sites for hydroxylation is 1. The molecule has 2 aromatic rings. The molecule has 19 heavy (non-hydrogen) atoms. The molecule has 3 N–H and O–H groups in total. The number of aromatic nitrogens is 2. The average Bonchev–Trinajstić information content (AvgIpc) is 2.96. The van der Waals surface area contributed by atoms with E-state index in [1.165, 1.54) is 11.3 Å². The quantitative estimate of drug-likeness (QED) is 0.795. The molecule has 0 aliphatic rings. The number of hydrogen-bond acceptors (Lipinski definition) is 5. The molecule has 0 atom stereocenters. The fourth-order valence-electron chi connectivity index (χ4n) is 1.81. The van der Waals surface area contributed by atoms with E-state index in [1.807, 2.05) is 30.8 Å². The normalized spacial score (nSPS) is 10.6. The fraction of sp³-hybridized carbons (Fsp3) is 0.385. The maximum absolute atomic E-state index is 11.6. The first-order chi connectivity index (χ1) is 9.11. The summed E-state index contributed by atoms with van der Waals surface area (Å²) in [6.45, 7) is 2.61. The van der Waals surface area contributed by atoms with Gasteiger partial charge in [-0.2, -0.15) is 0 Å². The van der Waals surface area contributed by atoms with Crippen LogP contribution in [-0.2, 0) is 13.5 Å². The lowest BCUT2D eigenvalue weighted by Gasteiger charge is -2.03. The van der Waals surface area contributed by atoms with Crippen LogP contribution < -0.4 is 11.1 Å². The number of carbonyl (C=O) groups is 1. The number of anilines is 2. The number of nitrogens with one attached hydrogen (secondary N) is 1. The molecule has 0 aromatic carbocycles. The van der Waals surface area contributed by atoms with Crippen LogP contribution in [0, 0.1) is 0 Å². The summed E-state index contributed by atoms with van der Waals surface area (Å²) in [5.41, 5.74) is 6.41. The second kappa shape index (κ2) is 5.88. The molecule has 0 saturated heterocycles. The zero-order valence-corrected chi connectivity index (χ0v) is 12.0. The van der Waals surface area contributed by atoms with Crippen LogP contribution in [0.5, 0.6) is 0 Å². The first-order valence-corrected chi connectivity index (χ1v) is 7.06. The third-order valence-corrected chi connectivity index (χ3v) is 4.05. The Balaban J connectivity index is 1.93. The molecule has 102 valence electrons. The van der Waals surface area contributed by atoms with Gasteiger partial charge in [-0.25, -0.2) is 4.98 Å². The Bertz CT molecular complexity index is 573. The van der Waals surface area contributed by atoms with Crippen LogP contribution in [0.3, 0.4) is 0 Å². The van der Waals surface area contributed by atoms with Crippen molar-refractivity contribution in [3.05, 3.63) is 29.2 Å². The number of carbonyl (C=O) groups excluding carboxylic acids is 1. The summed E-state index contributed by atoms with van der Waals surface area (Å²) in [6.07, 6.45) is 5.03. The van der Waals surface area contributed by atoms with Gasteiger partial charge in [-0.05, 0) is 6.07 Å². The van der Waals surface area contributed by atoms with Crippen LogP contribution >= 0.6 is 11.3 Å². The Kier molecular flexibility index (Phi) is 4.21. The maximum Gasteiger partial charge on any atom is 0.174 e. The van der Waals surface area contributed by atoms with Crippen molar-refractivity contribution in [2.45, 2.75) is 19.8 Å². The van der Waals surface area contributed by atoms with E-state index >= 15 is 0 Å². The van der Waals surface area contributed by atoms with E-state index in [0.717, 1.165) is 23.8 Å². The first-order valence-electron chi connectivity index (χ1n) is 6.24. The largest absolute Gasteiger partial charge is 0.397 e. The highest BCUT2D eigenvalue weighted by Gasteiger charge is 2.12. The van der Waals surface area contributed by atoms with Gasteiger partial charge in [0.15, 0.2) is 5.78 Å². The molecule has 6 heteroatoms. The van der Waals surface area contributed by atoms with Crippen molar-refractivity contribution in [3.8, 4) is 0 Å². The van der Waals surface area contributed by atoms with E-state index in [9.17, 15) is 4.79 Å². The van der Waals surface area contributed by atoms with Gasteiger partial charge in [0.2, 0.25) is 0 Å². The third kappa shape index (κ3) is 3.14. The molecule has 2 rings (SSSR count). The van der Waals surface area contributed by atoms with Crippen LogP contribution in [0.4, 0.5) is 10.7 Å². The summed E-state index contributed by atoms with van der Waals surface area (Å²) in [5, 5.41) is 4.22. The minimum atomic E-state index is 0.0969. The number of ketones is 1. The highest BCUT2D eigenvalue weighted by Crippen LogP contribution is 2.30. The zero-order valence-electron chi connectivity index (χ0n) is 11.1. The highest BCUT2D eigenvalue weighted by atomic mass is 32.1. The molecular weight excluding hydrogens is 260 g/mol. The smallest absolute Gasteiger partial charge is 0.174 e. The van der Waals surface area contributed by atoms with Crippen molar-refractivity contribution in [1.29, 1.82) is 0 Å². The Labute approximate surface area is 116 Å². The molecule has 2 aromatic heterocycles. The Morgan fingerprint density at radius 1 is 1.58 bits per heavy atom. The topological polar surface area (TPSA) is 72.9 Å². The summed E-state index contributed by atoms with van der Waals surface area (Å²) in [4.78, 5) is 16.6. The van der Waals surface area contributed by atoms with Gasteiger partial charge < -0.3 is 15.6 Å². The SMILES string of the molecule is CCC(=O)c1sc(NCCc2nccn2C)cc1N. The molecule has 0 saturated carbocycles. The number of nitrogens with two attached hydrogens (primary N) is 1. The van der Waals surface area contributed by atoms with Crippen LogP contribution in [0.25, 0.3) is 0 Å². The molecule has 0 aliphatic heterocycles. The first kappa shape index (κ1) is 13.6. The Morgan fingerprint density at radius 3 is 3.00 bits per heavy atom. The summed E-state index contributed by atoms with van der Waals surface area (Å²) < 4.78 is 2.00. The molecule has 2 heterocycles. The van der Waals surface area contributed by atoms with Gasteiger partial charge in [-0.1, -0.05) is 6.92 Å². The Hall–Kier alpha value is -1.82. The number of nitrogens with zero attached hydrogens (tertiary/aromatic N) is 2. The monoisotopic (exact) mass is 278 g/mol. The predicted molar refractivity (Wildman–Crippen MR) is 78.8 cm³/mol. The van der Waals surface area contributed by atoms with Crippen molar-refractivity contribution in [2.75, 3.05) is 17.6 Å². The van der Waals surface area contributed by atoms with E-state index < -0.39 is 0 Å². The van der Waals surface area contributed by atoms with Crippen molar-refractivity contribution < 1.29 is 4.79 Å². The second-order valence-electron chi connectivity index (χ2n) is 4.30. The molecule has 0 amide bonds. The summed E-state index contributed by atoms with van der Waals surface area (Å²) in [5.74, 6) is 1.13. The van der Waals surface area contributed by atoms with Crippen LogP contribution in [0.1, 0.15) is 28.8 Å². The standard InChI is InChI=1S/C13H18N4OS/c1-3-10(18)13-9(14)8-12(19-13)16-5-4-11-15-6-7-17(11)2/h6-8,16H,3-5,14H2,1-2H3. The van der Waals surface area contributed by atoms with Crippen LogP contribution in [-0.4, -0.2) is 21.9 Å². The van der Waals surface area contributed by atoms with Crippen molar-refractivity contribution in [1.82, 2.24) is 9.55 Å². The van der Waals surface area contributed by atoms with Gasteiger partial charge >= 0.3 is 0 Å². The minimum absolute atomic E-state index is 0.0969. The number of thiophene rings is 1. The molecule has 5 nitrogen and oxygen atoms in total. The predicted octanol–water partition coefficient (Wildman–Crippen LogP) is 2.31. The lowest BCUT2D eigenvalue weighted by atomic mass is 10.2. The Morgan fingerprint density at radius 2 is 2.37 bits per heavy atom. The number of imidazole rings is 1. The van der Waals surface area contributed by atoms with Gasteiger partial charge in [0.25, 0.3) is 0 Å². The molecular formula is C13H18N4OS. The number of rotatable bonds is 6. The van der Waals surface area contributed by atoms with Crippen LogP contribution in [0.2, 0.25) is 0 Å². The maximum atomic E-state index is 11.6. The van der Waals surface area contributed by atoms with E-state index in [1.54, 1.807) is 6.20 Å². The van der Waals surface area contributed by atoms with E-state index in [4.69, 9.17) is 5.73 Å². The summed E-state index contributed by atoms with van der Waals surface area (Å²) >= 11 is 1.42. The number of nitrogen functional groups attached to an aromatic ring is 1. The average molecular weight is 278 g/mol. The molecule has 0 fully saturated rings. The van der Waals surface area contributed by atoms with E-state index in [2.05, 4.69) is 10.3 Å². The molecule has 0 aliphatic carbocycles. The fourth-order valence-corrected chi connectivity index (χ4v) is 2.82. The second-order valence-corrected chi connectivity index (χ2v) is 5.36. The summed E-state index contributed by atoms with van der Waals surface area (Å²) in [6, 6.07) is 1.83. The molecule has 0 bridgehead atoms. The van der Waals surface area contributed by atoms with Gasteiger partial charge in [-0.15, -0.1) is 11.3 Å². The zero-order chi connectivity index (χ0) is 13.8. The van der Waals surface area contributed by atoms with Gasteiger partial charge in [-0.3, -0.25) is 4.79 Å². The molecule has 0 radical (unpaired) electrons. The third-order valence-electron chi connectivity index (χ3n) is 2.90.